The summed E-state index contributed by atoms with van der Waals surface area (Å²) in [7, 11) is 1.53. The van der Waals surface area contributed by atoms with E-state index in [0.717, 1.165) is 11.0 Å². The third-order valence-electron chi connectivity index (χ3n) is 2.80. The number of ketones is 1. The zero-order chi connectivity index (χ0) is 11.1. The van der Waals surface area contributed by atoms with E-state index in [1.807, 2.05) is 24.3 Å². The van der Waals surface area contributed by atoms with Crippen LogP contribution in [0.1, 0.15) is 16.1 Å². The van der Waals surface area contributed by atoms with Crippen LogP contribution < -0.4 is 0 Å². The largest absolute Gasteiger partial charge is 0.456 e. The van der Waals surface area contributed by atoms with Crippen molar-refractivity contribution in [3.63, 3.8) is 0 Å². The van der Waals surface area contributed by atoms with Crippen molar-refractivity contribution >= 4 is 22.8 Å². The van der Waals surface area contributed by atoms with E-state index in [1.165, 1.54) is 7.11 Å². The van der Waals surface area contributed by atoms with E-state index in [1.54, 1.807) is 12.2 Å². The summed E-state index contributed by atoms with van der Waals surface area (Å²) in [5.74, 6) is 0.587. The lowest BCUT2D eigenvalue weighted by Gasteiger charge is -2.12. The first-order valence-corrected chi connectivity index (χ1v) is 5.08. The Balaban J connectivity index is 2.30. The summed E-state index contributed by atoms with van der Waals surface area (Å²) < 4.78 is 10.7. The molecule has 0 amide bonds. The van der Waals surface area contributed by atoms with Gasteiger partial charge in [0.05, 0.1) is 5.56 Å². The molecule has 80 valence electrons. The number of fused-ring (bicyclic) bond motifs is 3. The Bertz CT molecular complexity index is 592. The molecule has 0 saturated carbocycles. The summed E-state index contributed by atoms with van der Waals surface area (Å²) in [6, 6.07) is 7.53. The average Bonchev–Trinajstić information content (AvgIpc) is 2.68. The third-order valence-corrected chi connectivity index (χ3v) is 2.80. The fraction of sp³-hybridized carbons (Fsp3) is 0.154. The second kappa shape index (κ2) is 3.32. The summed E-state index contributed by atoms with van der Waals surface area (Å²) in [6.45, 7) is 0. The molecule has 16 heavy (non-hydrogen) atoms. The van der Waals surface area contributed by atoms with Crippen LogP contribution in [0.15, 0.2) is 34.8 Å². The topological polar surface area (TPSA) is 39.4 Å². The van der Waals surface area contributed by atoms with Crippen LogP contribution in [0.4, 0.5) is 0 Å². The van der Waals surface area contributed by atoms with Gasteiger partial charge in [-0.3, -0.25) is 4.79 Å². The molecular weight excluding hydrogens is 204 g/mol. The minimum atomic E-state index is -0.492. The number of furan rings is 1. The molecule has 3 rings (SSSR count). The second-order valence-corrected chi connectivity index (χ2v) is 3.72. The van der Waals surface area contributed by atoms with Crippen LogP contribution in [0.5, 0.6) is 0 Å². The van der Waals surface area contributed by atoms with Crippen LogP contribution in [0.2, 0.25) is 0 Å². The normalized spacial score (nSPS) is 19.1. The first kappa shape index (κ1) is 9.36. The molecule has 2 aromatic rings. The van der Waals surface area contributed by atoms with Gasteiger partial charge in [0.2, 0.25) is 0 Å². The number of ether oxygens (including phenoxy) is 1. The zero-order valence-electron chi connectivity index (χ0n) is 8.77. The minimum absolute atomic E-state index is 0.0371. The Morgan fingerprint density at radius 2 is 2.12 bits per heavy atom. The van der Waals surface area contributed by atoms with Gasteiger partial charge in [-0.1, -0.05) is 18.2 Å². The number of carbonyl (C=O) groups excluding carboxylic acids is 1. The van der Waals surface area contributed by atoms with Crippen molar-refractivity contribution in [2.75, 3.05) is 7.11 Å². The first-order chi connectivity index (χ1) is 7.81. The van der Waals surface area contributed by atoms with E-state index in [2.05, 4.69) is 0 Å². The van der Waals surface area contributed by atoms with E-state index in [9.17, 15) is 4.79 Å². The van der Waals surface area contributed by atoms with E-state index < -0.39 is 6.10 Å². The Kier molecular flexibility index (Phi) is 1.94. The number of carbonyl (C=O) groups is 1. The molecule has 0 bridgehead atoms. The molecule has 0 radical (unpaired) electrons. The fourth-order valence-corrected chi connectivity index (χ4v) is 2.03. The van der Waals surface area contributed by atoms with Crippen molar-refractivity contribution in [3.8, 4) is 0 Å². The number of hydrogen-bond donors (Lipinski definition) is 0. The molecule has 1 aromatic carbocycles. The van der Waals surface area contributed by atoms with E-state index >= 15 is 0 Å². The number of benzene rings is 1. The van der Waals surface area contributed by atoms with Crippen LogP contribution in [0.3, 0.4) is 0 Å². The van der Waals surface area contributed by atoms with Crippen LogP contribution in [-0.4, -0.2) is 19.0 Å². The highest BCUT2D eigenvalue weighted by Gasteiger charge is 2.28. The lowest BCUT2D eigenvalue weighted by atomic mass is 9.97. The molecule has 1 atom stereocenters. The maximum Gasteiger partial charge on any atom is 0.199 e. The van der Waals surface area contributed by atoms with Gasteiger partial charge in [0.25, 0.3) is 0 Å². The number of hydrogen-bond acceptors (Lipinski definition) is 3. The highest BCUT2D eigenvalue weighted by Crippen LogP contribution is 2.31. The summed E-state index contributed by atoms with van der Waals surface area (Å²) in [6.07, 6.45) is 3.02. The van der Waals surface area contributed by atoms with Crippen LogP contribution in [-0.2, 0) is 4.74 Å². The summed E-state index contributed by atoms with van der Waals surface area (Å²) in [5, 5.41) is 0.855. The molecule has 3 heteroatoms. The summed E-state index contributed by atoms with van der Waals surface area (Å²) in [4.78, 5) is 12.1. The standard InChI is InChI=1S/C13H10O3/c1-15-11-7-6-10-12(13(11)14)8-4-2-3-5-9(8)16-10/h2-7,11H,1H3. The van der Waals surface area contributed by atoms with E-state index in [0.29, 0.717) is 11.3 Å². The van der Waals surface area contributed by atoms with Crippen molar-refractivity contribution in [2.45, 2.75) is 6.10 Å². The smallest absolute Gasteiger partial charge is 0.199 e. The Hall–Kier alpha value is -1.87. The molecule has 0 aliphatic heterocycles. The molecule has 0 spiro atoms. The number of rotatable bonds is 1. The average molecular weight is 214 g/mol. The quantitative estimate of drug-likeness (QED) is 0.732. The van der Waals surface area contributed by atoms with E-state index in [-0.39, 0.29) is 5.78 Å². The van der Waals surface area contributed by atoms with Gasteiger partial charge in [0.15, 0.2) is 5.78 Å². The minimum Gasteiger partial charge on any atom is -0.456 e. The van der Waals surface area contributed by atoms with Crippen molar-refractivity contribution in [3.05, 3.63) is 41.7 Å². The van der Waals surface area contributed by atoms with Gasteiger partial charge in [-0.25, -0.2) is 0 Å². The van der Waals surface area contributed by atoms with Gasteiger partial charge in [-0.2, -0.15) is 0 Å². The van der Waals surface area contributed by atoms with Crippen LogP contribution in [0, 0.1) is 0 Å². The summed E-state index contributed by atoms with van der Waals surface area (Å²) in [5.41, 5.74) is 1.37. The number of methoxy groups -OCH3 is 1. The van der Waals surface area contributed by atoms with Crippen molar-refractivity contribution in [2.24, 2.45) is 0 Å². The molecule has 1 heterocycles. The highest BCUT2D eigenvalue weighted by atomic mass is 16.5. The molecule has 1 aliphatic rings. The second-order valence-electron chi connectivity index (χ2n) is 3.72. The Labute approximate surface area is 92.3 Å². The lowest BCUT2D eigenvalue weighted by molar-refractivity contribution is 0.0717. The predicted octanol–water partition coefficient (Wildman–Crippen LogP) is 2.66. The zero-order valence-corrected chi connectivity index (χ0v) is 8.77. The lowest BCUT2D eigenvalue weighted by Crippen LogP contribution is -2.23. The van der Waals surface area contributed by atoms with E-state index in [4.69, 9.17) is 9.15 Å². The number of Topliss-reactive ketones (excluding diaryl/α,β-unsaturated/α-hetero) is 1. The molecule has 1 aromatic heterocycles. The van der Waals surface area contributed by atoms with Gasteiger partial charge < -0.3 is 9.15 Å². The molecule has 1 aliphatic carbocycles. The first-order valence-electron chi connectivity index (χ1n) is 5.08. The monoisotopic (exact) mass is 214 g/mol. The Morgan fingerprint density at radius 1 is 1.31 bits per heavy atom. The van der Waals surface area contributed by atoms with Gasteiger partial charge in [0.1, 0.15) is 17.4 Å². The maximum absolute atomic E-state index is 12.1. The van der Waals surface area contributed by atoms with Gasteiger partial charge >= 0.3 is 0 Å². The molecule has 0 saturated heterocycles. The fourth-order valence-electron chi connectivity index (χ4n) is 2.03. The van der Waals surface area contributed by atoms with Crippen LogP contribution in [0.25, 0.3) is 17.0 Å². The van der Waals surface area contributed by atoms with Crippen molar-refractivity contribution in [1.29, 1.82) is 0 Å². The summed E-state index contributed by atoms with van der Waals surface area (Å²) >= 11 is 0. The van der Waals surface area contributed by atoms with Gasteiger partial charge in [0, 0.05) is 12.5 Å². The third kappa shape index (κ3) is 1.15. The van der Waals surface area contributed by atoms with Crippen LogP contribution >= 0.6 is 0 Å². The van der Waals surface area contributed by atoms with Crippen molar-refractivity contribution in [1.82, 2.24) is 0 Å². The predicted molar refractivity (Wildman–Crippen MR) is 60.4 cm³/mol. The molecule has 3 nitrogen and oxygen atoms in total. The SMILES string of the molecule is COC1C=Cc2oc3ccccc3c2C1=O. The molecule has 1 unspecified atom stereocenters. The molecule has 0 N–H and O–H groups in total. The maximum atomic E-state index is 12.1. The molecular formula is C13H10O3. The Morgan fingerprint density at radius 3 is 2.94 bits per heavy atom. The van der Waals surface area contributed by atoms with Gasteiger partial charge in [-0.15, -0.1) is 0 Å². The van der Waals surface area contributed by atoms with Crippen molar-refractivity contribution < 1.29 is 13.9 Å². The highest BCUT2D eigenvalue weighted by molar-refractivity contribution is 6.14. The van der Waals surface area contributed by atoms with Gasteiger partial charge in [-0.05, 0) is 18.2 Å². The number of para-hydroxylation sites is 1. The molecule has 0 fully saturated rings.